The molecule has 0 amide bonds. The Hall–Kier alpha value is -1.20. The van der Waals surface area contributed by atoms with Gasteiger partial charge in [-0.25, -0.2) is 0 Å². The SMILES string of the molecule is CC(C)CN1CCN(c2ccc(CNC3CC3)nn2)CC1. The van der Waals surface area contributed by atoms with Gasteiger partial charge in [-0.2, -0.15) is 5.10 Å². The van der Waals surface area contributed by atoms with Gasteiger partial charge in [-0.15, -0.1) is 5.10 Å². The number of rotatable bonds is 6. The second kappa shape index (κ2) is 6.71. The highest BCUT2D eigenvalue weighted by Gasteiger charge is 2.21. The zero-order chi connectivity index (χ0) is 14.7. The Morgan fingerprint density at radius 3 is 2.48 bits per heavy atom. The van der Waals surface area contributed by atoms with Crippen LogP contribution in [0.25, 0.3) is 0 Å². The standard InChI is InChI=1S/C16H27N5/c1-13(2)12-20-7-9-21(10-8-20)16-6-5-15(18-19-16)11-17-14-3-4-14/h5-6,13-14,17H,3-4,7-12H2,1-2H3. The van der Waals surface area contributed by atoms with Crippen LogP contribution in [-0.4, -0.2) is 53.9 Å². The first-order chi connectivity index (χ1) is 10.2. The van der Waals surface area contributed by atoms with Crippen molar-refractivity contribution in [3.05, 3.63) is 17.8 Å². The van der Waals surface area contributed by atoms with Crippen LogP contribution in [0.1, 0.15) is 32.4 Å². The molecule has 1 N–H and O–H groups in total. The smallest absolute Gasteiger partial charge is 0.151 e. The maximum atomic E-state index is 4.40. The number of hydrogen-bond donors (Lipinski definition) is 1. The molecule has 0 unspecified atom stereocenters. The molecule has 1 aliphatic carbocycles. The van der Waals surface area contributed by atoms with Gasteiger partial charge in [0.05, 0.1) is 5.69 Å². The lowest BCUT2D eigenvalue weighted by molar-refractivity contribution is 0.231. The highest BCUT2D eigenvalue weighted by Crippen LogP contribution is 2.19. The fraction of sp³-hybridized carbons (Fsp3) is 0.750. The molecule has 0 radical (unpaired) electrons. The van der Waals surface area contributed by atoms with E-state index in [2.05, 4.69) is 51.3 Å². The van der Waals surface area contributed by atoms with Gasteiger partial charge in [-0.3, -0.25) is 4.90 Å². The number of piperazine rings is 1. The fourth-order valence-corrected chi connectivity index (χ4v) is 2.83. The van der Waals surface area contributed by atoms with Gasteiger partial charge >= 0.3 is 0 Å². The van der Waals surface area contributed by atoms with Gasteiger partial charge in [-0.1, -0.05) is 13.8 Å². The molecule has 1 aliphatic heterocycles. The van der Waals surface area contributed by atoms with Crippen molar-refractivity contribution >= 4 is 5.82 Å². The molecular weight excluding hydrogens is 262 g/mol. The minimum absolute atomic E-state index is 0.723. The Balaban J connectivity index is 1.48. The van der Waals surface area contributed by atoms with E-state index in [0.29, 0.717) is 0 Å². The normalized spacial score (nSPS) is 20.2. The molecule has 21 heavy (non-hydrogen) atoms. The van der Waals surface area contributed by atoms with Crippen LogP contribution in [0.4, 0.5) is 5.82 Å². The zero-order valence-electron chi connectivity index (χ0n) is 13.3. The van der Waals surface area contributed by atoms with Crippen LogP contribution in [0.3, 0.4) is 0 Å². The number of nitrogens with zero attached hydrogens (tertiary/aromatic N) is 4. The van der Waals surface area contributed by atoms with Crippen molar-refractivity contribution in [3.8, 4) is 0 Å². The molecular formula is C16H27N5. The van der Waals surface area contributed by atoms with Gasteiger partial charge in [0.25, 0.3) is 0 Å². The predicted octanol–water partition coefficient (Wildman–Crippen LogP) is 1.51. The summed E-state index contributed by atoms with van der Waals surface area (Å²) in [6, 6.07) is 4.95. The quantitative estimate of drug-likeness (QED) is 0.860. The van der Waals surface area contributed by atoms with Crippen LogP contribution >= 0.6 is 0 Å². The van der Waals surface area contributed by atoms with Crippen LogP contribution in [0.5, 0.6) is 0 Å². The average molecular weight is 289 g/mol. The van der Waals surface area contributed by atoms with Crippen LogP contribution in [0.15, 0.2) is 12.1 Å². The Labute approximate surface area is 127 Å². The van der Waals surface area contributed by atoms with Crippen molar-refractivity contribution in [1.29, 1.82) is 0 Å². The van der Waals surface area contributed by atoms with Crippen molar-refractivity contribution in [3.63, 3.8) is 0 Å². The first-order valence-corrected chi connectivity index (χ1v) is 8.24. The van der Waals surface area contributed by atoms with Crippen molar-refractivity contribution in [2.75, 3.05) is 37.6 Å². The van der Waals surface area contributed by atoms with Crippen molar-refractivity contribution < 1.29 is 0 Å². The lowest BCUT2D eigenvalue weighted by Gasteiger charge is -2.35. The molecule has 2 fully saturated rings. The summed E-state index contributed by atoms with van der Waals surface area (Å²) in [6.45, 7) is 11.0. The molecule has 5 nitrogen and oxygen atoms in total. The monoisotopic (exact) mass is 289 g/mol. The minimum Gasteiger partial charge on any atom is -0.353 e. The molecule has 1 saturated heterocycles. The lowest BCUT2D eigenvalue weighted by Crippen LogP contribution is -2.47. The fourth-order valence-electron chi connectivity index (χ4n) is 2.83. The summed E-state index contributed by atoms with van der Waals surface area (Å²) in [4.78, 5) is 4.89. The van der Waals surface area contributed by atoms with Crippen molar-refractivity contribution in [1.82, 2.24) is 20.4 Å². The van der Waals surface area contributed by atoms with E-state index >= 15 is 0 Å². The van der Waals surface area contributed by atoms with Crippen LogP contribution < -0.4 is 10.2 Å². The summed E-state index contributed by atoms with van der Waals surface area (Å²) in [5.74, 6) is 1.77. The lowest BCUT2D eigenvalue weighted by atomic mass is 10.2. The van der Waals surface area contributed by atoms with E-state index in [1.807, 2.05) is 0 Å². The Bertz CT molecular complexity index is 432. The van der Waals surface area contributed by atoms with Gasteiger partial charge in [0.15, 0.2) is 5.82 Å². The van der Waals surface area contributed by atoms with E-state index in [-0.39, 0.29) is 0 Å². The molecule has 1 aromatic heterocycles. The summed E-state index contributed by atoms with van der Waals surface area (Å²) >= 11 is 0. The van der Waals surface area contributed by atoms with E-state index < -0.39 is 0 Å². The number of anilines is 1. The molecule has 3 rings (SSSR count). The zero-order valence-corrected chi connectivity index (χ0v) is 13.3. The Morgan fingerprint density at radius 1 is 1.14 bits per heavy atom. The van der Waals surface area contributed by atoms with Gasteiger partial charge in [0.2, 0.25) is 0 Å². The molecule has 116 valence electrons. The van der Waals surface area contributed by atoms with Crippen molar-refractivity contribution in [2.45, 2.75) is 39.3 Å². The molecule has 0 aromatic carbocycles. The largest absolute Gasteiger partial charge is 0.353 e. The third-order valence-corrected chi connectivity index (χ3v) is 4.17. The van der Waals surface area contributed by atoms with Crippen LogP contribution in [-0.2, 0) is 6.54 Å². The Morgan fingerprint density at radius 2 is 1.90 bits per heavy atom. The summed E-state index contributed by atoms with van der Waals surface area (Å²) in [5.41, 5.74) is 1.05. The highest BCUT2D eigenvalue weighted by molar-refractivity contribution is 5.37. The third-order valence-electron chi connectivity index (χ3n) is 4.17. The molecule has 5 heteroatoms. The predicted molar refractivity (Wildman–Crippen MR) is 85.4 cm³/mol. The average Bonchev–Trinajstić information content (AvgIpc) is 3.30. The van der Waals surface area contributed by atoms with Crippen LogP contribution in [0.2, 0.25) is 0 Å². The van der Waals surface area contributed by atoms with E-state index in [9.17, 15) is 0 Å². The summed E-state index contributed by atoms with van der Waals surface area (Å²) in [7, 11) is 0. The van der Waals surface area contributed by atoms with Gasteiger partial charge in [0, 0.05) is 45.3 Å². The van der Waals surface area contributed by atoms with E-state index in [1.165, 1.54) is 19.4 Å². The van der Waals surface area contributed by atoms with Crippen LogP contribution in [0, 0.1) is 5.92 Å². The van der Waals surface area contributed by atoms with E-state index in [0.717, 1.165) is 56.2 Å². The second-order valence-electron chi connectivity index (χ2n) is 6.72. The maximum Gasteiger partial charge on any atom is 0.151 e. The van der Waals surface area contributed by atoms with Gasteiger partial charge in [-0.05, 0) is 30.9 Å². The maximum absolute atomic E-state index is 4.40. The molecule has 2 heterocycles. The number of hydrogen-bond acceptors (Lipinski definition) is 5. The summed E-state index contributed by atoms with van der Waals surface area (Å²) in [5, 5.41) is 12.2. The highest BCUT2D eigenvalue weighted by atomic mass is 15.3. The molecule has 0 atom stereocenters. The minimum atomic E-state index is 0.723. The molecule has 1 aromatic rings. The molecule has 2 aliphatic rings. The topological polar surface area (TPSA) is 44.3 Å². The summed E-state index contributed by atoms with van der Waals surface area (Å²) in [6.07, 6.45) is 2.62. The molecule has 0 spiro atoms. The third kappa shape index (κ3) is 4.38. The van der Waals surface area contributed by atoms with Gasteiger partial charge < -0.3 is 10.2 Å². The van der Waals surface area contributed by atoms with E-state index in [1.54, 1.807) is 0 Å². The number of aromatic nitrogens is 2. The summed E-state index contributed by atoms with van der Waals surface area (Å²) < 4.78 is 0. The number of nitrogens with one attached hydrogen (secondary N) is 1. The van der Waals surface area contributed by atoms with E-state index in [4.69, 9.17) is 0 Å². The molecule has 1 saturated carbocycles. The first-order valence-electron chi connectivity index (χ1n) is 8.24. The van der Waals surface area contributed by atoms with Crippen molar-refractivity contribution in [2.24, 2.45) is 5.92 Å². The van der Waals surface area contributed by atoms with Gasteiger partial charge in [0.1, 0.15) is 0 Å². The second-order valence-corrected chi connectivity index (χ2v) is 6.72. The Kier molecular flexibility index (Phi) is 4.70. The molecule has 0 bridgehead atoms. The first kappa shape index (κ1) is 14.7.